The molecule has 1 rings (SSSR count). The molecular formula is C17H29NO3. The predicted octanol–water partition coefficient (Wildman–Crippen LogP) is 3.12. The van der Waals surface area contributed by atoms with Crippen molar-refractivity contribution in [1.29, 1.82) is 0 Å². The van der Waals surface area contributed by atoms with Crippen molar-refractivity contribution in [3.05, 3.63) is 23.8 Å². The molecule has 0 radical (unpaired) electrons. The van der Waals surface area contributed by atoms with Gasteiger partial charge in [-0.25, -0.2) is 0 Å². The molecule has 4 heteroatoms. The van der Waals surface area contributed by atoms with E-state index in [-0.39, 0.29) is 6.10 Å². The zero-order valence-electron chi connectivity index (χ0n) is 14.3. The van der Waals surface area contributed by atoms with Crippen LogP contribution in [0, 0.1) is 0 Å². The second-order valence-electron chi connectivity index (χ2n) is 6.69. The van der Waals surface area contributed by atoms with Crippen molar-refractivity contribution in [3.8, 4) is 11.5 Å². The Hall–Kier alpha value is -1.26. The number of ether oxygens (including phenoxy) is 2. The van der Waals surface area contributed by atoms with Crippen LogP contribution in [0.15, 0.2) is 18.2 Å². The molecule has 0 amide bonds. The van der Waals surface area contributed by atoms with E-state index in [0.29, 0.717) is 6.54 Å². The third-order valence-electron chi connectivity index (χ3n) is 3.85. The number of aliphatic hydroxyl groups is 1. The van der Waals surface area contributed by atoms with E-state index in [0.717, 1.165) is 17.1 Å². The molecule has 0 aliphatic rings. The molecule has 21 heavy (non-hydrogen) atoms. The summed E-state index contributed by atoms with van der Waals surface area (Å²) in [5.41, 5.74) is -0.120. The van der Waals surface area contributed by atoms with Crippen molar-refractivity contribution in [2.75, 3.05) is 7.11 Å². The second-order valence-corrected chi connectivity index (χ2v) is 6.69. The summed E-state index contributed by atoms with van der Waals surface area (Å²) in [5.74, 6) is 1.47. The Kier molecular flexibility index (Phi) is 5.65. The van der Waals surface area contributed by atoms with Gasteiger partial charge in [0.25, 0.3) is 0 Å². The Labute approximate surface area is 128 Å². The molecule has 0 aromatic heterocycles. The van der Waals surface area contributed by atoms with E-state index in [1.165, 1.54) is 0 Å². The van der Waals surface area contributed by atoms with E-state index in [1.807, 2.05) is 45.9 Å². The highest BCUT2D eigenvalue weighted by atomic mass is 16.5. The molecule has 0 bridgehead atoms. The minimum atomic E-state index is -0.808. The maximum atomic E-state index is 10.2. The summed E-state index contributed by atoms with van der Waals surface area (Å²) in [6, 6.07) is 5.89. The third-order valence-corrected chi connectivity index (χ3v) is 3.85. The maximum absolute atomic E-state index is 10.2. The van der Waals surface area contributed by atoms with Crippen LogP contribution in [-0.4, -0.2) is 29.5 Å². The molecule has 0 aliphatic heterocycles. The van der Waals surface area contributed by atoms with Crippen molar-refractivity contribution in [3.63, 3.8) is 0 Å². The first-order valence-corrected chi connectivity index (χ1v) is 7.38. The van der Waals surface area contributed by atoms with E-state index in [4.69, 9.17) is 9.47 Å². The minimum absolute atomic E-state index is 0.108. The van der Waals surface area contributed by atoms with Gasteiger partial charge in [0.2, 0.25) is 0 Å². The Bertz CT molecular complexity index is 462. The number of rotatable bonds is 7. The van der Waals surface area contributed by atoms with Gasteiger partial charge in [-0.2, -0.15) is 0 Å². The topological polar surface area (TPSA) is 50.7 Å². The van der Waals surface area contributed by atoms with E-state index >= 15 is 0 Å². The van der Waals surface area contributed by atoms with Crippen LogP contribution in [0.5, 0.6) is 11.5 Å². The molecule has 0 atom stereocenters. The molecule has 2 N–H and O–H groups in total. The minimum Gasteiger partial charge on any atom is -0.493 e. The van der Waals surface area contributed by atoms with Crippen molar-refractivity contribution >= 4 is 0 Å². The Balaban J connectivity index is 2.82. The van der Waals surface area contributed by atoms with Gasteiger partial charge < -0.3 is 19.9 Å². The van der Waals surface area contributed by atoms with Crippen LogP contribution in [-0.2, 0) is 6.54 Å². The van der Waals surface area contributed by atoms with Crippen LogP contribution in [0.25, 0.3) is 0 Å². The van der Waals surface area contributed by atoms with Crippen molar-refractivity contribution in [2.45, 2.75) is 65.3 Å². The lowest BCUT2D eigenvalue weighted by molar-refractivity contribution is -0.00532. The highest BCUT2D eigenvalue weighted by molar-refractivity contribution is 5.43. The number of benzene rings is 1. The Morgan fingerprint density at radius 3 is 2.24 bits per heavy atom. The first kappa shape index (κ1) is 17.8. The largest absolute Gasteiger partial charge is 0.493 e. The number of nitrogens with one attached hydrogen (secondary N) is 1. The average molecular weight is 295 g/mol. The average Bonchev–Trinajstić information content (AvgIpc) is 2.35. The third kappa shape index (κ3) is 4.90. The summed E-state index contributed by atoms with van der Waals surface area (Å²) in [7, 11) is 1.64. The van der Waals surface area contributed by atoms with Crippen LogP contribution < -0.4 is 14.8 Å². The molecule has 0 fully saturated rings. The summed E-state index contributed by atoms with van der Waals surface area (Å²) < 4.78 is 11.1. The first-order valence-electron chi connectivity index (χ1n) is 7.38. The monoisotopic (exact) mass is 295 g/mol. The van der Waals surface area contributed by atoms with Gasteiger partial charge in [-0.1, -0.05) is 6.07 Å². The second kappa shape index (κ2) is 6.67. The molecule has 0 spiro atoms. The number of hydrogen-bond acceptors (Lipinski definition) is 4. The van der Waals surface area contributed by atoms with Gasteiger partial charge in [-0.3, -0.25) is 0 Å². The Morgan fingerprint density at radius 1 is 1.14 bits per heavy atom. The molecule has 120 valence electrons. The van der Waals surface area contributed by atoms with Crippen LogP contribution in [0.3, 0.4) is 0 Å². The molecular weight excluding hydrogens is 266 g/mol. The first-order chi connectivity index (χ1) is 9.56. The van der Waals surface area contributed by atoms with Crippen LogP contribution >= 0.6 is 0 Å². The summed E-state index contributed by atoms with van der Waals surface area (Å²) in [5, 5.41) is 13.5. The van der Waals surface area contributed by atoms with Crippen molar-refractivity contribution in [2.24, 2.45) is 0 Å². The lowest BCUT2D eigenvalue weighted by Gasteiger charge is -2.38. The molecule has 4 nitrogen and oxygen atoms in total. The standard InChI is InChI=1S/C17H29NO3/c1-12(2)21-14-9-8-13(10-15(14)20-7)11-18-16(3,4)17(5,6)19/h8-10,12,18-19H,11H2,1-7H3. The predicted molar refractivity (Wildman–Crippen MR) is 86.0 cm³/mol. The summed E-state index contributed by atoms with van der Waals surface area (Å²) in [4.78, 5) is 0. The van der Waals surface area contributed by atoms with Crippen LogP contribution in [0.4, 0.5) is 0 Å². The van der Waals surface area contributed by atoms with Gasteiger partial charge in [-0.15, -0.1) is 0 Å². The molecule has 0 saturated carbocycles. The van der Waals surface area contributed by atoms with Crippen LogP contribution in [0.1, 0.15) is 47.1 Å². The fourth-order valence-electron chi connectivity index (χ4n) is 1.71. The van der Waals surface area contributed by atoms with Crippen molar-refractivity contribution in [1.82, 2.24) is 5.32 Å². The van der Waals surface area contributed by atoms with E-state index in [1.54, 1.807) is 21.0 Å². The van der Waals surface area contributed by atoms with Gasteiger partial charge >= 0.3 is 0 Å². The molecule has 1 aromatic carbocycles. The summed E-state index contributed by atoms with van der Waals surface area (Å²) >= 11 is 0. The summed E-state index contributed by atoms with van der Waals surface area (Å²) in [6.07, 6.45) is 0.108. The van der Waals surface area contributed by atoms with Crippen molar-refractivity contribution < 1.29 is 14.6 Å². The highest BCUT2D eigenvalue weighted by Crippen LogP contribution is 2.29. The number of methoxy groups -OCH3 is 1. The molecule has 0 saturated heterocycles. The van der Waals surface area contributed by atoms with Gasteiger partial charge in [0, 0.05) is 12.1 Å². The molecule has 1 aromatic rings. The number of hydrogen-bond donors (Lipinski definition) is 2. The van der Waals surface area contributed by atoms with E-state index in [2.05, 4.69) is 5.32 Å². The zero-order valence-corrected chi connectivity index (χ0v) is 14.3. The zero-order chi connectivity index (χ0) is 16.3. The van der Waals surface area contributed by atoms with Crippen LogP contribution in [0.2, 0.25) is 0 Å². The molecule has 0 aliphatic carbocycles. The summed E-state index contributed by atoms with van der Waals surface area (Å²) in [6.45, 7) is 12.2. The lowest BCUT2D eigenvalue weighted by atomic mass is 9.86. The van der Waals surface area contributed by atoms with Gasteiger partial charge in [-0.05, 0) is 59.2 Å². The normalized spacial score (nSPS) is 12.6. The fourth-order valence-corrected chi connectivity index (χ4v) is 1.71. The van der Waals surface area contributed by atoms with E-state index < -0.39 is 11.1 Å². The Morgan fingerprint density at radius 2 is 1.76 bits per heavy atom. The molecule has 0 heterocycles. The highest BCUT2D eigenvalue weighted by Gasteiger charge is 2.34. The maximum Gasteiger partial charge on any atom is 0.161 e. The smallest absolute Gasteiger partial charge is 0.161 e. The van der Waals surface area contributed by atoms with Gasteiger partial charge in [0.15, 0.2) is 11.5 Å². The van der Waals surface area contributed by atoms with Gasteiger partial charge in [0.05, 0.1) is 18.8 Å². The molecule has 0 unspecified atom stereocenters. The lowest BCUT2D eigenvalue weighted by Crippen LogP contribution is -2.55. The quantitative estimate of drug-likeness (QED) is 0.811. The van der Waals surface area contributed by atoms with Gasteiger partial charge in [0.1, 0.15) is 0 Å². The van der Waals surface area contributed by atoms with E-state index in [9.17, 15) is 5.11 Å². The SMILES string of the molecule is COc1cc(CNC(C)(C)C(C)(C)O)ccc1OC(C)C. The fraction of sp³-hybridized carbons (Fsp3) is 0.647.